The van der Waals surface area contributed by atoms with Crippen molar-refractivity contribution >= 4 is 17.6 Å². The Hall–Kier alpha value is -1.88. The minimum Gasteiger partial charge on any atom is -0.457 e. The van der Waals surface area contributed by atoms with E-state index in [0.29, 0.717) is 17.2 Å². The summed E-state index contributed by atoms with van der Waals surface area (Å²) in [5.74, 6) is -0.482. The number of carbonyl (C=O) groups is 1. The maximum Gasteiger partial charge on any atom is 0.303 e. The lowest BCUT2D eigenvalue weighted by Gasteiger charge is -2.26. The molecular weight excluding hydrogens is 316 g/mol. The first-order chi connectivity index (χ1) is 11.1. The van der Waals surface area contributed by atoms with Crippen LogP contribution >= 0.6 is 11.6 Å². The van der Waals surface area contributed by atoms with Crippen molar-refractivity contribution in [2.45, 2.75) is 25.7 Å². The number of aliphatic hydroxyl groups is 1. The lowest BCUT2D eigenvalue weighted by molar-refractivity contribution is -0.160. The fourth-order valence-electron chi connectivity index (χ4n) is 2.27. The highest BCUT2D eigenvalue weighted by Gasteiger charge is 2.28. The molecule has 0 bridgehead atoms. The van der Waals surface area contributed by atoms with Gasteiger partial charge in [0.05, 0.1) is 13.2 Å². The number of hydrogen-bond acceptors (Lipinski definition) is 4. The Balaban J connectivity index is 2.23. The van der Waals surface area contributed by atoms with Crippen molar-refractivity contribution in [3.05, 3.63) is 70.7 Å². The maximum atomic E-state index is 11.3. The van der Waals surface area contributed by atoms with Gasteiger partial charge in [0.15, 0.2) is 6.10 Å². The Morgan fingerprint density at radius 2 is 1.78 bits per heavy atom. The lowest BCUT2D eigenvalue weighted by Crippen LogP contribution is -2.30. The van der Waals surface area contributed by atoms with E-state index in [9.17, 15) is 9.90 Å². The van der Waals surface area contributed by atoms with Crippen molar-refractivity contribution in [2.24, 2.45) is 0 Å². The molecule has 0 unspecified atom stereocenters. The Bertz CT molecular complexity index is 630. The Labute approximate surface area is 140 Å². The largest absolute Gasteiger partial charge is 0.457 e. The van der Waals surface area contributed by atoms with Crippen LogP contribution in [0.5, 0.6) is 0 Å². The van der Waals surface area contributed by atoms with Crippen molar-refractivity contribution in [3.8, 4) is 0 Å². The van der Waals surface area contributed by atoms with E-state index in [1.165, 1.54) is 6.92 Å². The summed E-state index contributed by atoms with van der Waals surface area (Å²) in [7, 11) is 0. The molecule has 0 radical (unpaired) electrons. The van der Waals surface area contributed by atoms with E-state index in [1.807, 2.05) is 36.4 Å². The van der Waals surface area contributed by atoms with E-state index >= 15 is 0 Å². The first kappa shape index (κ1) is 17.5. The molecule has 0 aliphatic rings. The van der Waals surface area contributed by atoms with Crippen LogP contribution < -0.4 is 0 Å². The standard InChI is InChI=1S/C18H19ClO4/c1-13(21)23-17(11-20)18(15-9-5-6-10-16(15)19)22-12-14-7-3-2-4-8-14/h2-10,17-18,20H,11-12H2,1H3/t17-,18+/m0/s1. The quantitative estimate of drug-likeness (QED) is 0.787. The summed E-state index contributed by atoms with van der Waals surface area (Å²) in [4.78, 5) is 11.3. The summed E-state index contributed by atoms with van der Waals surface area (Å²) in [5.41, 5.74) is 1.65. The second-order valence-electron chi connectivity index (χ2n) is 5.07. The van der Waals surface area contributed by atoms with E-state index in [1.54, 1.807) is 18.2 Å². The number of aliphatic hydroxyl groups excluding tert-OH is 1. The average Bonchev–Trinajstić information content (AvgIpc) is 2.56. The van der Waals surface area contributed by atoms with E-state index in [0.717, 1.165) is 5.56 Å². The van der Waals surface area contributed by atoms with Gasteiger partial charge >= 0.3 is 5.97 Å². The van der Waals surface area contributed by atoms with E-state index in [4.69, 9.17) is 21.1 Å². The first-order valence-electron chi connectivity index (χ1n) is 7.30. The molecule has 5 heteroatoms. The maximum absolute atomic E-state index is 11.3. The van der Waals surface area contributed by atoms with Gasteiger partial charge in [-0.25, -0.2) is 0 Å². The third kappa shape index (κ3) is 5.06. The van der Waals surface area contributed by atoms with Crippen LogP contribution in [0.4, 0.5) is 0 Å². The molecule has 0 saturated carbocycles. The van der Waals surface area contributed by atoms with Gasteiger partial charge in [0, 0.05) is 17.5 Å². The molecule has 1 N–H and O–H groups in total. The molecule has 0 fully saturated rings. The van der Waals surface area contributed by atoms with Crippen molar-refractivity contribution in [2.75, 3.05) is 6.61 Å². The molecule has 2 aromatic carbocycles. The van der Waals surface area contributed by atoms with Crippen molar-refractivity contribution in [3.63, 3.8) is 0 Å². The fraction of sp³-hybridized carbons (Fsp3) is 0.278. The van der Waals surface area contributed by atoms with Crippen LogP contribution in [-0.4, -0.2) is 23.8 Å². The Kier molecular flexibility index (Phi) is 6.59. The van der Waals surface area contributed by atoms with Crippen molar-refractivity contribution in [1.82, 2.24) is 0 Å². The van der Waals surface area contributed by atoms with Gasteiger partial charge in [0.25, 0.3) is 0 Å². The molecule has 2 aromatic rings. The molecular formula is C18H19ClO4. The van der Waals surface area contributed by atoms with E-state index in [2.05, 4.69) is 0 Å². The smallest absolute Gasteiger partial charge is 0.303 e. The predicted octanol–water partition coefficient (Wildman–Crippen LogP) is 3.52. The number of halogens is 1. The minimum atomic E-state index is -0.823. The van der Waals surface area contributed by atoms with Gasteiger partial charge < -0.3 is 14.6 Å². The minimum absolute atomic E-state index is 0.314. The first-order valence-corrected chi connectivity index (χ1v) is 7.67. The number of carbonyl (C=O) groups excluding carboxylic acids is 1. The number of esters is 1. The van der Waals surface area contributed by atoms with Crippen LogP contribution in [0.1, 0.15) is 24.2 Å². The molecule has 0 spiro atoms. The van der Waals surface area contributed by atoms with Crippen LogP contribution in [0.2, 0.25) is 5.02 Å². The van der Waals surface area contributed by atoms with E-state index in [-0.39, 0.29) is 6.61 Å². The summed E-state index contributed by atoms with van der Waals surface area (Å²) in [6, 6.07) is 16.8. The van der Waals surface area contributed by atoms with Gasteiger partial charge in [0.1, 0.15) is 6.10 Å². The zero-order valence-electron chi connectivity index (χ0n) is 12.8. The van der Waals surface area contributed by atoms with Crippen LogP contribution in [0, 0.1) is 0 Å². The van der Waals surface area contributed by atoms with Crippen molar-refractivity contribution in [1.29, 1.82) is 0 Å². The second kappa shape index (κ2) is 8.67. The second-order valence-corrected chi connectivity index (χ2v) is 5.48. The summed E-state index contributed by atoms with van der Waals surface area (Å²) >= 11 is 6.24. The van der Waals surface area contributed by atoms with Crippen LogP contribution in [-0.2, 0) is 20.9 Å². The van der Waals surface area contributed by atoms with Crippen molar-refractivity contribution < 1.29 is 19.4 Å². The zero-order valence-corrected chi connectivity index (χ0v) is 13.6. The highest BCUT2D eigenvalue weighted by atomic mass is 35.5. The highest BCUT2D eigenvalue weighted by molar-refractivity contribution is 6.31. The topological polar surface area (TPSA) is 55.8 Å². The average molecular weight is 335 g/mol. The van der Waals surface area contributed by atoms with Crippen LogP contribution in [0.15, 0.2) is 54.6 Å². The molecule has 2 atom stereocenters. The van der Waals surface area contributed by atoms with Gasteiger partial charge in [-0.2, -0.15) is 0 Å². The predicted molar refractivity (Wildman–Crippen MR) is 88.1 cm³/mol. The third-order valence-corrected chi connectivity index (χ3v) is 3.66. The molecule has 0 aromatic heterocycles. The third-order valence-electron chi connectivity index (χ3n) is 3.32. The molecule has 122 valence electrons. The van der Waals surface area contributed by atoms with Gasteiger partial charge in [-0.3, -0.25) is 4.79 Å². The highest BCUT2D eigenvalue weighted by Crippen LogP contribution is 2.30. The molecule has 0 heterocycles. The molecule has 0 aliphatic carbocycles. The zero-order chi connectivity index (χ0) is 16.7. The lowest BCUT2D eigenvalue weighted by atomic mass is 10.0. The number of rotatable bonds is 7. The number of benzene rings is 2. The Morgan fingerprint density at radius 1 is 1.13 bits per heavy atom. The summed E-state index contributed by atoms with van der Waals surface area (Å²) in [6.07, 6.45) is -1.48. The molecule has 4 nitrogen and oxygen atoms in total. The molecule has 23 heavy (non-hydrogen) atoms. The van der Waals surface area contributed by atoms with Crippen LogP contribution in [0.3, 0.4) is 0 Å². The van der Waals surface area contributed by atoms with Gasteiger partial charge in [0.2, 0.25) is 0 Å². The van der Waals surface area contributed by atoms with Crippen LogP contribution in [0.25, 0.3) is 0 Å². The number of ether oxygens (including phenoxy) is 2. The van der Waals surface area contributed by atoms with Gasteiger partial charge in [-0.15, -0.1) is 0 Å². The summed E-state index contributed by atoms with van der Waals surface area (Å²) in [6.45, 7) is 1.25. The fourth-order valence-corrected chi connectivity index (χ4v) is 2.51. The molecule has 0 aliphatic heterocycles. The SMILES string of the molecule is CC(=O)O[C@@H](CO)[C@H](OCc1ccccc1)c1ccccc1Cl. The number of hydrogen-bond donors (Lipinski definition) is 1. The molecule has 0 saturated heterocycles. The molecule has 0 amide bonds. The van der Waals surface area contributed by atoms with Gasteiger partial charge in [-0.05, 0) is 11.6 Å². The van der Waals surface area contributed by atoms with E-state index < -0.39 is 18.2 Å². The monoisotopic (exact) mass is 334 g/mol. The normalized spacial score (nSPS) is 13.3. The molecule has 2 rings (SSSR count). The Morgan fingerprint density at radius 3 is 2.39 bits per heavy atom. The summed E-state index contributed by atoms with van der Waals surface area (Å²) < 4.78 is 11.1. The summed E-state index contributed by atoms with van der Waals surface area (Å²) in [5, 5.41) is 10.1. The van der Waals surface area contributed by atoms with Gasteiger partial charge in [-0.1, -0.05) is 60.1 Å².